The molecule has 0 unspecified atom stereocenters. The van der Waals surface area contributed by atoms with Crippen LogP contribution in [-0.2, 0) is 16.1 Å². The van der Waals surface area contributed by atoms with Gasteiger partial charge in [-0.15, -0.1) is 0 Å². The second kappa shape index (κ2) is 6.28. The quantitative estimate of drug-likeness (QED) is 0.914. The minimum atomic E-state index is -0.250. The molecule has 0 radical (unpaired) electrons. The summed E-state index contributed by atoms with van der Waals surface area (Å²) in [6.45, 7) is 0.519. The van der Waals surface area contributed by atoms with Gasteiger partial charge < -0.3 is 10.1 Å². The lowest BCUT2D eigenvalue weighted by Gasteiger charge is -2.07. The van der Waals surface area contributed by atoms with E-state index in [2.05, 4.69) is 5.32 Å². The number of rotatable bonds is 5. The van der Waals surface area contributed by atoms with Crippen LogP contribution in [0.2, 0.25) is 0 Å². The molecule has 3 nitrogen and oxygen atoms in total. The van der Waals surface area contributed by atoms with Crippen molar-refractivity contribution in [1.29, 1.82) is 0 Å². The number of nitrogens with one attached hydrogen (secondary N) is 1. The van der Waals surface area contributed by atoms with Gasteiger partial charge in [-0.05, 0) is 47.7 Å². The molecule has 2 aromatic rings. The summed E-state index contributed by atoms with van der Waals surface area (Å²) in [5.74, 6) is -0.0662. The molecule has 1 N–H and O–H groups in total. The summed E-state index contributed by atoms with van der Waals surface area (Å²) in [4.78, 5) is 12.3. The van der Waals surface area contributed by atoms with Gasteiger partial charge in [0.05, 0.1) is 6.61 Å². The van der Waals surface area contributed by atoms with E-state index in [1.807, 2.05) is 24.3 Å². The van der Waals surface area contributed by atoms with Crippen LogP contribution in [-0.4, -0.2) is 13.0 Å². The average molecular weight is 299 g/mol. The molecule has 114 valence electrons. The molecular formula is C18H18FNO2. The SMILES string of the molecule is COCc1cccc(NC(=O)[C@@H]2C[C@@H]2c2ccc(F)cc2)c1. The van der Waals surface area contributed by atoms with Crippen molar-refractivity contribution in [2.24, 2.45) is 5.92 Å². The molecule has 4 heteroatoms. The lowest BCUT2D eigenvalue weighted by atomic mass is 10.1. The third kappa shape index (κ3) is 3.34. The van der Waals surface area contributed by atoms with Crippen LogP contribution >= 0.6 is 0 Å². The van der Waals surface area contributed by atoms with Crippen LogP contribution in [0.25, 0.3) is 0 Å². The van der Waals surface area contributed by atoms with Crippen molar-refractivity contribution in [2.45, 2.75) is 18.9 Å². The topological polar surface area (TPSA) is 38.3 Å². The highest BCUT2D eigenvalue weighted by molar-refractivity contribution is 5.95. The molecule has 2 atom stereocenters. The van der Waals surface area contributed by atoms with Crippen molar-refractivity contribution in [1.82, 2.24) is 0 Å². The Morgan fingerprint density at radius 1 is 1.27 bits per heavy atom. The van der Waals surface area contributed by atoms with E-state index in [4.69, 9.17) is 4.74 Å². The lowest BCUT2D eigenvalue weighted by Crippen LogP contribution is -2.14. The zero-order chi connectivity index (χ0) is 15.5. The molecule has 1 aliphatic carbocycles. The Hall–Kier alpha value is -2.20. The number of benzene rings is 2. The van der Waals surface area contributed by atoms with E-state index in [0.29, 0.717) is 6.61 Å². The number of carbonyl (C=O) groups is 1. The summed E-state index contributed by atoms with van der Waals surface area (Å²) in [5, 5.41) is 2.95. The molecular weight excluding hydrogens is 281 g/mol. The number of amides is 1. The summed E-state index contributed by atoms with van der Waals surface area (Å²) in [6, 6.07) is 14.0. The van der Waals surface area contributed by atoms with Gasteiger partial charge in [0, 0.05) is 18.7 Å². The Morgan fingerprint density at radius 2 is 2.05 bits per heavy atom. The van der Waals surface area contributed by atoms with Gasteiger partial charge >= 0.3 is 0 Å². The van der Waals surface area contributed by atoms with E-state index in [1.165, 1.54) is 12.1 Å². The summed E-state index contributed by atoms with van der Waals surface area (Å²) >= 11 is 0. The standard InChI is InChI=1S/C18H18FNO2/c1-22-11-12-3-2-4-15(9-12)20-18(21)17-10-16(17)13-5-7-14(19)8-6-13/h2-9,16-17H,10-11H2,1H3,(H,20,21)/t16-,17-/m1/s1. The van der Waals surface area contributed by atoms with Crippen molar-refractivity contribution >= 4 is 11.6 Å². The molecule has 1 amide bonds. The Balaban J connectivity index is 1.61. The predicted molar refractivity (Wildman–Crippen MR) is 83.0 cm³/mol. The first-order chi connectivity index (χ1) is 10.7. The normalized spacial score (nSPS) is 19.7. The minimum Gasteiger partial charge on any atom is -0.380 e. The van der Waals surface area contributed by atoms with Crippen LogP contribution < -0.4 is 5.32 Å². The summed E-state index contributed by atoms with van der Waals surface area (Å²) in [7, 11) is 1.64. The number of halogens is 1. The van der Waals surface area contributed by atoms with Gasteiger partial charge in [-0.3, -0.25) is 4.79 Å². The van der Waals surface area contributed by atoms with E-state index in [0.717, 1.165) is 23.2 Å². The van der Waals surface area contributed by atoms with Gasteiger partial charge in [0.1, 0.15) is 5.82 Å². The maximum Gasteiger partial charge on any atom is 0.228 e. The van der Waals surface area contributed by atoms with Crippen LogP contribution in [0, 0.1) is 11.7 Å². The second-order valence-corrected chi connectivity index (χ2v) is 5.62. The average Bonchev–Trinajstić information content (AvgIpc) is 3.29. The van der Waals surface area contributed by atoms with Gasteiger partial charge in [-0.2, -0.15) is 0 Å². The molecule has 1 fully saturated rings. The molecule has 0 heterocycles. The molecule has 0 bridgehead atoms. The van der Waals surface area contributed by atoms with Crippen molar-refractivity contribution in [3.63, 3.8) is 0 Å². The van der Waals surface area contributed by atoms with Gasteiger partial charge in [-0.1, -0.05) is 24.3 Å². The van der Waals surface area contributed by atoms with Crippen LogP contribution in [0.15, 0.2) is 48.5 Å². The van der Waals surface area contributed by atoms with Crippen LogP contribution in [0.3, 0.4) is 0 Å². The number of carbonyl (C=O) groups excluding carboxylic acids is 1. The van der Waals surface area contributed by atoms with E-state index < -0.39 is 0 Å². The highest BCUT2D eigenvalue weighted by Gasteiger charge is 2.43. The molecule has 1 saturated carbocycles. The largest absolute Gasteiger partial charge is 0.380 e. The highest BCUT2D eigenvalue weighted by Crippen LogP contribution is 2.47. The monoisotopic (exact) mass is 299 g/mol. The molecule has 1 aliphatic rings. The van der Waals surface area contributed by atoms with Crippen LogP contribution in [0.4, 0.5) is 10.1 Å². The third-order valence-electron chi connectivity index (χ3n) is 3.93. The first-order valence-corrected chi connectivity index (χ1v) is 7.31. The smallest absolute Gasteiger partial charge is 0.228 e. The zero-order valence-corrected chi connectivity index (χ0v) is 12.4. The van der Waals surface area contributed by atoms with Crippen molar-refractivity contribution in [3.8, 4) is 0 Å². The number of ether oxygens (including phenoxy) is 1. The zero-order valence-electron chi connectivity index (χ0n) is 12.4. The number of anilines is 1. The van der Waals surface area contributed by atoms with E-state index in [1.54, 1.807) is 19.2 Å². The van der Waals surface area contributed by atoms with Crippen LogP contribution in [0.1, 0.15) is 23.5 Å². The third-order valence-corrected chi connectivity index (χ3v) is 3.93. The van der Waals surface area contributed by atoms with E-state index in [-0.39, 0.29) is 23.6 Å². The fourth-order valence-electron chi connectivity index (χ4n) is 2.70. The molecule has 3 rings (SSSR count). The molecule has 0 aromatic heterocycles. The van der Waals surface area contributed by atoms with Crippen molar-refractivity contribution < 1.29 is 13.9 Å². The summed E-state index contributed by atoms with van der Waals surface area (Å²) in [5.41, 5.74) is 2.82. The Morgan fingerprint density at radius 3 is 2.77 bits per heavy atom. The van der Waals surface area contributed by atoms with Gasteiger partial charge in [-0.25, -0.2) is 4.39 Å². The molecule has 22 heavy (non-hydrogen) atoms. The van der Waals surface area contributed by atoms with E-state index in [9.17, 15) is 9.18 Å². The predicted octanol–water partition coefficient (Wildman–Crippen LogP) is 3.71. The first-order valence-electron chi connectivity index (χ1n) is 7.31. The molecule has 2 aromatic carbocycles. The molecule has 0 aliphatic heterocycles. The van der Waals surface area contributed by atoms with Crippen molar-refractivity contribution in [2.75, 3.05) is 12.4 Å². The van der Waals surface area contributed by atoms with Gasteiger partial charge in [0.25, 0.3) is 0 Å². The summed E-state index contributed by atoms with van der Waals surface area (Å²) < 4.78 is 18.0. The van der Waals surface area contributed by atoms with Crippen LogP contribution in [0.5, 0.6) is 0 Å². The maximum atomic E-state index is 12.9. The maximum absolute atomic E-state index is 12.9. The Bertz CT molecular complexity index is 669. The van der Waals surface area contributed by atoms with Crippen molar-refractivity contribution in [3.05, 3.63) is 65.5 Å². The minimum absolute atomic E-state index is 0.0175. The molecule has 0 spiro atoms. The highest BCUT2D eigenvalue weighted by atomic mass is 19.1. The summed E-state index contributed by atoms with van der Waals surface area (Å²) in [6.07, 6.45) is 0.815. The number of methoxy groups -OCH3 is 1. The van der Waals surface area contributed by atoms with Gasteiger partial charge in [0.15, 0.2) is 0 Å². The Kier molecular flexibility index (Phi) is 4.20. The van der Waals surface area contributed by atoms with E-state index >= 15 is 0 Å². The lowest BCUT2D eigenvalue weighted by molar-refractivity contribution is -0.117. The first kappa shape index (κ1) is 14.7. The fourth-order valence-corrected chi connectivity index (χ4v) is 2.70. The van der Waals surface area contributed by atoms with Gasteiger partial charge in [0.2, 0.25) is 5.91 Å². The second-order valence-electron chi connectivity index (χ2n) is 5.62. The molecule has 0 saturated heterocycles. The fraction of sp³-hybridized carbons (Fsp3) is 0.278. The Labute approximate surface area is 129 Å². The number of hydrogen-bond donors (Lipinski definition) is 1. The number of hydrogen-bond acceptors (Lipinski definition) is 2.